The quantitative estimate of drug-likeness (QED) is 0.271. The van der Waals surface area contributed by atoms with Crippen molar-refractivity contribution in [3.63, 3.8) is 0 Å². The van der Waals surface area contributed by atoms with Crippen LogP contribution in [0.15, 0.2) is 58.6 Å². The molecule has 2 aromatic carbocycles. The maximum absolute atomic E-state index is 11.6. The molecule has 2 aromatic rings. The second-order valence-corrected chi connectivity index (χ2v) is 6.84. The highest BCUT2D eigenvalue weighted by Crippen LogP contribution is 2.26. The Bertz CT molecular complexity index is 899. The Morgan fingerprint density at radius 1 is 1.22 bits per heavy atom. The van der Waals surface area contributed by atoms with Gasteiger partial charge in [-0.3, -0.25) is 9.59 Å². The van der Waals surface area contributed by atoms with Crippen molar-refractivity contribution >= 4 is 56.9 Å². The van der Waals surface area contributed by atoms with Gasteiger partial charge in [0.15, 0.2) is 0 Å². The molecule has 6 nitrogen and oxygen atoms in total. The van der Waals surface area contributed by atoms with Crippen molar-refractivity contribution in [1.82, 2.24) is 10.7 Å². The second-order valence-electron chi connectivity index (χ2n) is 5.52. The summed E-state index contributed by atoms with van der Waals surface area (Å²) < 4.78 is 0.839. The first-order valence-electron chi connectivity index (χ1n) is 7.95. The van der Waals surface area contributed by atoms with E-state index in [0.717, 1.165) is 21.4 Å². The number of carbonyl (C=O) groups excluding carboxylic acids is 2. The minimum absolute atomic E-state index is 0.203. The van der Waals surface area contributed by atoms with Crippen LogP contribution in [0, 0.1) is 6.92 Å². The molecule has 0 aliphatic heterocycles. The van der Waals surface area contributed by atoms with Crippen molar-refractivity contribution in [2.45, 2.75) is 6.92 Å². The molecule has 0 saturated heterocycles. The van der Waals surface area contributed by atoms with Crippen LogP contribution in [0.3, 0.4) is 0 Å². The second kappa shape index (κ2) is 9.89. The summed E-state index contributed by atoms with van der Waals surface area (Å²) in [4.78, 5) is 23.1. The Hall–Kier alpha value is -2.64. The molecule has 3 N–H and O–H groups in total. The number of nitrogens with one attached hydrogen (secondary N) is 3. The van der Waals surface area contributed by atoms with Gasteiger partial charge >= 0.3 is 11.8 Å². The number of halogens is 2. The molecule has 0 aliphatic carbocycles. The van der Waals surface area contributed by atoms with Gasteiger partial charge in [-0.25, -0.2) is 5.43 Å². The van der Waals surface area contributed by atoms with Crippen molar-refractivity contribution < 1.29 is 9.59 Å². The number of anilines is 2. The van der Waals surface area contributed by atoms with E-state index in [-0.39, 0.29) is 6.54 Å². The number of carbonyl (C=O) groups is 2. The summed E-state index contributed by atoms with van der Waals surface area (Å²) in [7, 11) is 0. The SMILES string of the molecule is C=CCNC(=O)C(=O)N/N=C\c1cc(Br)ccc1Nc1ccc(C)c(Cl)c1. The lowest BCUT2D eigenvalue weighted by Gasteiger charge is -2.11. The molecule has 2 amide bonds. The van der Waals surface area contributed by atoms with Gasteiger partial charge in [0.1, 0.15) is 0 Å². The largest absolute Gasteiger partial charge is 0.355 e. The highest BCUT2D eigenvalue weighted by atomic mass is 79.9. The number of hydrazone groups is 1. The van der Waals surface area contributed by atoms with E-state index >= 15 is 0 Å². The predicted molar refractivity (Wildman–Crippen MR) is 113 cm³/mol. The molecule has 0 radical (unpaired) electrons. The molecule has 27 heavy (non-hydrogen) atoms. The van der Waals surface area contributed by atoms with Crippen molar-refractivity contribution in [2.24, 2.45) is 5.10 Å². The Morgan fingerprint density at radius 3 is 2.70 bits per heavy atom. The Morgan fingerprint density at radius 2 is 2.00 bits per heavy atom. The fourth-order valence-electron chi connectivity index (χ4n) is 2.04. The van der Waals surface area contributed by atoms with Gasteiger partial charge in [-0.05, 0) is 42.8 Å². The molecule has 0 bridgehead atoms. The standard InChI is InChI=1S/C19H18BrClN4O2/c1-3-8-22-18(26)19(27)25-23-11-13-9-14(20)5-7-17(13)24-15-6-4-12(2)16(21)10-15/h3-7,9-11,24H,1,8H2,2H3,(H,22,26)(H,25,27)/b23-11-. The van der Waals surface area contributed by atoms with Gasteiger partial charge in [-0.15, -0.1) is 6.58 Å². The van der Waals surface area contributed by atoms with Crippen LogP contribution in [0.2, 0.25) is 5.02 Å². The fourth-order valence-corrected chi connectivity index (χ4v) is 2.60. The molecule has 0 spiro atoms. The summed E-state index contributed by atoms with van der Waals surface area (Å²) in [6, 6.07) is 11.2. The van der Waals surface area contributed by atoms with Crippen LogP contribution in [-0.4, -0.2) is 24.6 Å². The minimum atomic E-state index is -0.858. The van der Waals surface area contributed by atoms with E-state index in [4.69, 9.17) is 11.6 Å². The van der Waals surface area contributed by atoms with Crippen LogP contribution in [0.4, 0.5) is 11.4 Å². The van der Waals surface area contributed by atoms with Crippen LogP contribution in [0.5, 0.6) is 0 Å². The van der Waals surface area contributed by atoms with E-state index in [1.807, 2.05) is 43.3 Å². The number of hydrogen-bond acceptors (Lipinski definition) is 4. The molecule has 0 fully saturated rings. The first-order chi connectivity index (χ1) is 12.9. The number of amides is 2. The maximum atomic E-state index is 11.6. The number of hydrogen-bond donors (Lipinski definition) is 3. The first kappa shape index (κ1) is 20.7. The summed E-state index contributed by atoms with van der Waals surface area (Å²) in [5.41, 5.74) is 5.44. The Labute approximate surface area is 170 Å². The van der Waals surface area contributed by atoms with Crippen molar-refractivity contribution in [2.75, 3.05) is 11.9 Å². The maximum Gasteiger partial charge on any atom is 0.329 e. The lowest BCUT2D eigenvalue weighted by atomic mass is 10.1. The van der Waals surface area contributed by atoms with Gasteiger partial charge in [0.2, 0.25) is 0 Å². The van der Waals surface area contributed by atoms with Crippen LogP contribution in [0.25, 0.3) is 0 Å². The van der Waals surface area contributed by atoms with Crippen LogP contribution < -0.4 is 16.1 Å². The van der Waals surface area contributed by atoms with E-state index in [1.54, 1.807) is 0 Å². The lowest BCUT2D eigenvalue weighted by Crippen LogP contribution is -2.37. The van der Waals surface area contributed by atoms with E-state index in [0.29, 0.717) is 10.6 Å². The molecule has 0 heterocycles. The van der Waals surface area contributed by atoms with Crippen molar-refractivity contribution in [3.05, 3.63) is 69.7 Å². The van der Waals surface area contributed by atoms with Crippen LogP contribution >= 0.6 is 27.5 Å². The van der Waals surface area contributed by atoms with Gasteiger partial charge in [0.25, 0.3) is 0 Å². The van der Waals surface area contributed by atoms with Crippen molar-refractivity contribution in [1.29, 1.82) is 0 Å². The zero-order chi connectivity index (χ0) is 19.8. The third kappa shape index (κ3) is 6.23. The van der Waals surface area contributed by atoms with Gasteiger partial charge in [-0.2, -0.15) is 5.10 Å². The number of benzene rings is 2. The summed E-state index contributed by atoms with van der Waals surface area (Å²) in [5, 5.41) is 10.1. The Balaban J connectivity index is 2.13. The Kier molecular flexibility index (Phi) is 7.57. The zero-order valence-electron chi connectivity index (χ0n) is 14.6. The summed E-state index contributed by atoms with van der Waals surface area (Å²) in [6.45, 7) is 5.59. The van der Waals surface area contributed by atoms with Crippen LogP contribution in [0.1, 0.15) is 11.1 Å². The predicted octanol–water partition coefficient (Wildman–Crippen LogP) is 3.91. The molecule has 0 saturated carbocycles. The van der Waals surface area contributed by atoms with Gasteiger partial charge in [-0.1, -0.05) is 39.7 Å². The number of aryl methyl sites for hydroxylation is 1. The molecular weight excluding hydrogens is 432 g/mol. The third-order valence-electron chi connectivity index (χ3n) is 3.45. The summed E-state index contributed by atoms with van der Waals surface area (Å²) in [5.74, 6) is -1.64. The number of rotatable bonds is 6. The zero-order valence-corrected chi connectivity index (χ0v) is 16.9. The van der Waals surface area contributed by atoms with Gasteiger partial charge < -0.3 is 10.6 Å². The molecule has 0 atom stereocenters. The highest BCUT2D eigenvalue weighted by molar-refractivity contribution is 9.10. The van der Waals surface area contributed by atoms with E-state index in [2.05, 4.69) is 43.7 Å². The minimum Gasteiger partial charge on any atom is -0.355 e. The molecule has 0 unspecified atom stereocenters. The molecular formula is C19H18BrClN4O2. The van der Waals surface area contributed by atoms with Gasteiger partial charge in [0, 0.05) is 33.0 Å². The summed E-state index contributed by atoms with van der Waals surface area (Å²) >= 11 is 9.57. The third-order valence-corrected chi connectivity index (χ3v) is 4.35. The monoisotopic (exact) mass is 448 g/mol. The molecule has 8 heteroatoms. The highest BCUT2D eigenvalue weighted by Gasteiger charge is 2.11. The molecule has 0 aliphatic rings. The van der Waals surface area contributed by atoms with Crippen LogP contribution in [-0.2, 0) is 9.59 Å². The molecule has 2 rings (SSSR count). The van der Waals surface area contributed by atoms with Crippen molar-refractivity contribution in [3.8, 4) is 0 Å². The van der Waals surface area contributed by atoms with E-state index in [1.165, 1.54) is 12.3 Å². The smallest absolute Gasteiger partial charge is 0.329 e. The van der Waals surface area contributed by atoms with E-state index < -0.39 is 11.8 Å². The van der Waals surface area contributed by atoms with Gasteiger partial charge in [0.05, 0.1) is 6.21 Å². The average molecular weight is 450 g/mol. The normalized spacial score (nSPS) is 10.5. The fraction of sp³-hybridized carbons (Fsp3) is 0.105. The number of nitrogens with zero attached hydrogens (tertiary/aromatic N) is 1. The van der Waals surface area contributed by atoms with E-state index in [9.17, 15) is 9.59 Å². The molecule has 0 aromatic heterocycles. The summed E-state index contributed by atoms with van der Waals surface area (Å²) in [6.07, 6.45) is 2.92. The molecule has 140 valence electrons. The lowest BCUT2D eigenvalue weighted by molar-refractivity contribution is -0.139. The average Bonchev–Trinajstić information content (AvgIpc) is 2.64. The first-order valence-corrected chi connectivity index (χ1v) is 9.12. The topological polar surface area (TPSA) is 82.6 Å².